The number of aromatic nitrogens is 2. The normalized spacial score (nSPS) is 16.6. The third kappa shape index (κ3) is 3.26. The smallest absolute Gasteiger partial charge is 0.317 e. The van der Waals surface area contributed by atoms with Crippen molar-refractivity contribution in [2.24, 2.45) is 0 Å². The molecule has 1 aromatic heterocycles. The van der Waals surface area contributed by atoms with E-state index in [2.05, 4.69) is 15.6 Å². The lowest BCUT2D eigenvalue weighted by Crippen LogP contribution is -2.46. The molecule has 3 N–H and O–H groups in total. The minimum absolute atomic E-state index is 0.0580. The summed E-state index contributed by atoms with van der Waals surface area (Å²) in [7, 11) is 0. The molecule has 1 aliphatic rings. The van der Waals surface area contributed by atoms with Crippen molar-refractivity contribution in [1.29, 1.82) is 0 Å². The van der Waals surface area contributed by atoms with Crippen LogP contribution in [0.3, 0.4) is 0 Å². The van der Waals surface area contributed by atoms with Crippen LogP contribution in [-0.2, 0) is 4.79 Å². The largest absolute Gasteiger partial charge is 0.380 e. The van der Waals surface area contributed by atoms with E-state index in [9.17, 15) is 14.4 Å². The van der Waals surface area contributed by atoms with Crippen LogP contribution in [0, 0.1) is 0 Å². The topological polar surface area (TPSA) is 96.0 Å². The maximum Gasteiger partial charge on any atom is 0.317 e. The first-order chi connectivity index (χ1) is 11.6. The van der Waals surface area contributed by atoms with Gasteiger partial charge in [0.15, 0.2) is 0 Å². The number of H-pyrrole nitrogens is 1. The lowest BCUT2D eigenvalue weighted by molar-refractivity contribution is -0.123. The highest BCUT2D eigenvalue weighted by Gasteiger charge is 2.29. The Kier molecular flexibility index (Phi) is 4.33. The molecule has 0 bridgehead atoms. The zero-order chi connectivity index (χ0) is 18.5. The molecule has 1 aromatic carbocycles. The highest BCUT2D eigenvalue weighted by Crippen LogP contribution is 2.39. The van der Waals surface area contributed by atoms with Gasteiger partial charge in [0.1, 0.15) is 0 Å². The zero-order valence-electron chi connectivity index (χ0n) is 14.0. The molecule has 9 heteroatoms. The lowest BCUT2D eigenvalue weighted by Gasteiger charge is -2.30. The molecule has 1 unspecified atom stereocenters. The van der Waals surface area contributed by atoms with Gasteiger partial charge in [0, 0.05) is 18.5 Å². The van der Waals surface area contributed by atoms with Gasteiger partial charge < -0.3 is 15.6 Å². The number of nitrogens with one attached hydrogen (secondary N) is 3. The number of aromatic amines is 1. The molecule has 0 saturated heterocycles. The Bertz CT molecular complexity index is 988. The summed E-state index contributed by atoms with van der Waals surface area (Å²) < 4.78 is 1.34. The summed E-state index contributed by atoms with van der Waals surface area (Å²) in [6, 6.07) is 0.990. The van der Waals surface area contributed by atoms with Crippen LogP contribution >= 0.6 is 23.2 Å². The molecule has 0 saturated carbocycles. The number of hydrogen-bond donors (Lipinski definition) is 3. The van der Waals surface area contributed by atoms with Crippen LogP contribution in [0.25, 0.3) is 11.0 Å². The van der Waals surface area contributed by atoms with E-state index < -0.39 is 17.2 Å². The van der Waals surface area contributed by atoms with E-state index in [1.165, 1.54) is 10.6 Å². The number of halogens is 2. The Morgan fingerprint density at radius 1 is 1.36 bits per heavy atom. The quantitative estimate of drug-likeness (QED) is 0.691. The van der Waals surface area contributed by atoms with Gasteiger partial charge in [-0.05, 0) is 26.8 Å². The van der Waals surface area contributed by atoms with Crippen LogP contribution in [0.1, 0.15) is 33.2 Å². The number of rotatable bonds is 2. The van der Waals surface area contributed by atoms with Crippen LogP contribution in [0.4, 0.5) is 5.69 Å². The van der Waals surface area contributed by atoms with Gasteiger partial charge in [-0.2, -0.15) is 0 Å². The second-order valence-corrected chi connectivity index (χ2v) is 7.90. The van der Waals surface area contributed by atoms with E-state index in [0.29, 0.717) is 16.7 Å². The average molecular weight is 385 g/mol. The Morgan fingerprint density at radius 2 is 2.04 bits per heavy atom. The van der Waals surface area contributed by atoms with Gasteiger partial charge in [0.25, 0.3) is 0 Å². The Balaban J connectivity index is 2.15. The van der Waals surface area contributed by atoms with Crippen molar-refractivity contribution in [2.75, 3.05) is 11.9 Å². The summed E-state index contributed by atoms with van der Waals surface area (Å²) in [5.41, 5.74) is -0.559. The van der Waals surface area contributed by atoms with Crippen LogP contribution in [0.2, 0.25) is 10.0 Å². The standard InChI is InChI=1S/C16H18Cl2N4O3/c1-16(2,3)21-10(23)4-7-6-19-12-11(18)8(17)5-9-13(12)22(7)15(25)14(24)20-9/h5,7,19H,4,6H2,1-3H3,(H,20,24)(H,21,23). The summed E-state index contributed by atoms with van der Waals surface area (Å²) in [5, 5.41) is 6.52. The molecule has 2 heterocycles. The molecule has 25 heavy (non-hydrogen) atoms. The second kappa shape index (κ2) is 6.07. The average Bonchev–Trinajstić information content (AvgIpc) is 2.48. The van der Waals surface area contributed by atoms with Crippen LogP contribution in [0.15, 0.2) is 15.7 Å². The van der Waals surface area contributed by atoms with Gasteiger partial charge in [-0.3, -0.25) is 19.0 Å². The number of nitrogens with zero attached hydrogens (tertiary/aromatic N) is 1. The fourth-order valence-corrected chi connectivity index (χ4v) is 3.43. The highest BCUT2D eigenvalue weighted by atomic mass is 35.5. The summed E-state index contributed by atoms with van der Waals surface area (Å²) >= 11 is 12.3. The van der Waals surface area contributed by atoms with E-state index >= 15 is 0 Å². The number of amides is 1. The molecular weight excluding hydrogens is 367 g/mol. The number of benzene rings is 1. The molecule has 0 radical (unpaired) electrons. The Labute approximate surface area is 153 Å². The monoisotopic (exact) mass is 384 g/mol. The summed E-state index contributed by atoms with van der Waals surface area (Å²) in [5.74, 6) is -0.205. The maximum absolute atomic E-state index is 12.5. The first kappa shape index (κ1) is 17.8. The van der Waals surface area contributed by atoms with Gasteiger partial charge in [0.2, 0.25) is 5.91 Å². The van der Waals surface area contributed by atoms with Gasteiger partial charge in [-0.25, -0.2) is 0 Å². The third-order valence-corrected chi connectivity index (χ3v) is 4.70. The van der Waals surface area contributed by atoms with Crippen LogP contribution in [-0.4, -0.2) is 27.5 Å². The van der Waals surface area contributed by atoms with Gasteiger partial charge in [0.05, 0.1) is 32.8 Å². The summed E-state index contributed by atoms with van der Waals surface area (Å²) in [6.45, 7) is 5.90. The highest BCUT2D eigenvalue weighted by molar-refractivity contribution is 6.45. The number of hydrogen-bond acceptors (Lipinski definition) is 4. The molecule has 0 fully saturated rings. The van der Waals surface area contributed by atoms with Crippen molar-refractivity contribution in [1.82, 2.24) is 14.9 Å². The third-order valence-electron chi connectivity index (χ3n) is 3.91. The van der Waals surface area contributed by atoms with Crippen molar-refractivity contribution in [2.45, 2.75) is 38.8 Å². The predicted octanol–water partition coefficient (Wildman–Crippen LogP) is 2.27. The molecule has 134 valence electrons. The number of carbonyl (C=O) groups is 1. The molecule has 3 rings (SSSR count). The van der Waals surface area contributed by atoms with E-state index in [0.717, 1.165) is 0 Å². The van der Waals surface area contributed by atoms with Crippen molar-refractivity contribution >= 4 is 45.8 Å². The van der Waals surface area contributed by atoms with Gasteiger partial charge >= 0.3 is 11.1 Å². The van der Waals surface area contributed by atoms with E-state index in [1.54, 1.807) is 0 Å². The minimum atomic E-state index is -0.764. The lowest BCUT2D eigenvalue weighted by atomic mass is 10.1. The number of anilines is 1. The first-order valence-electron chi connectivity index (χ1n) is 7.80. The van der Waals surface area contributed by atoms with Gasteiger partial charge in [-0.1, -0.05) is 23.2 Å². The van der Waals surface area contributed by atoms with E-state index in [4.69, 9.17) is 23.2 Å². The van der Waals surface area contributed by atoms with E-state index in [1.807, 2.05) is 20.8 Å². The van der Waals surface area contributed by atoms with Crippen molar-refractivity contribution in [3.63, 3.8) is 0 Å². The number of carbonyl (C=O) groups excluding carboxylic acids is 1. The SMILES string of the molecule is CC(C)(C)NC(=O)CC1CNc2c(Cl)c(Cl)cc3[nH]c(=O)c(=O)n1c23. The Hall–Kier alpha value is -1.99. The summed E-state index contributed by atoms with van der Waals surface area (Å²) in [6.07, 6.45) is 0.0580. The van der Waals surface area contributed by atoms with Gasteiger partial charge in [-0.15, -0.1) is 0 Å². The van der Waals surface area contributed by atoms with Crippen molar-refractivity contribution in [3.05, 3.63) is 36.8 Å². The molecule has 1 atom stereocenters. The molecule has 7 nitrogen and oxygen atoms in total. The Morgan fingerprint density at radius 3 is 2.68 bits per heavy atom. The van der Waals surface area contributed by atoms with Crippen LogP contribution in [0.5, 0.6) is 0 Å². The molecule has 0 aliphatic carbocycles. The maximum atomic E-state index is 12.5. The molecular formula is C16H18Cl2N4O3. The van der Waals surface area contributed by atoms with Crippen molar-refractivity contribution in [3.8, 4) is 0 Å². The second-order valence-electron chi connectivity index (χ2n) is 7.11. The molecule has 1 amide bonds. The van der Waals surface area contributed by atoms with Crippen molar-refractivity contribution < 1.29 is 4.79 Å². The fraction of sp³-hybridized carbons (Fsp3) is 0.438. The van der Waals surface area contributed by atoms with Crippen LogP contribution < -0.4 is 21.8 Å². The zero-order valence-corrected chi connectivity index (χ0v) is 15.5. The predicted molar refractivity (Wildman–Crippen MR) is 98.9 cm³/mol. The molecule has 2 aromatic rings. The molecule has 1 aliphatic heterocycles. The minimum Gasteiger partial charge on any atom is -0.380 e. The van der Waals surface area contributed by atoms with E-state index in [-0.39, 0.29) is 34.5 Å². The first-order valence-corrected chi connectivity index (χ1v) is 8.55. The fourth-order valence-electron chi connectivity index (χ4n) is 3.02. The molecule has 0 spiro atoms. The summed E-state index contributed by atoms with van der Waals surface area (Å²) in [4.78, 5) is 39.3.